The predicted octanol–water partition coefficient (Wildman–Crippen LogP) is 2.89. The topological polar surface area (TPSA) is 12.9 Å². The van der Waals surface area contributed by atoms with E-state index in [1.165, 1.54) is 12.0 Å². The summed E-state index contributed by atoms with van der Waals surface area (Å²) in [5.74, 6) is 0. The average molecular weight is 147 g/mol. The van der Waals surface area contributed by atoms with Crippen molar-refractivity contribution in [2.24, 2.45) is 0 Å². The molecule has 1 heteroatoms. The van der Waals surface area contributed by atoms with E-state index in [-0.39, 0.29) is 0 Å². The number of rotatable bonds is 3. The molecule has 11 heavy (non-hydrogen) atoms. The van der Waals surface area contributed by atoms with Crippen molar-refractivity contribution in [2.75, 3.05) is 0 Å². The van der Waals surface area contributed by atoms with Gasteiger partial charge in [0.1, 0.15) is 0 Å². The van der Waals surface area contributed by atoms with Crippen molar-refractivity contribution in [1.29, 1.82) is 0 Å². The molecule has 0 N–H and O–H groups in total. The van der Waals surface area contributed by atoms with Gasteiger partial charge in [0, 0.05) is 12.4 Å². The first-order valence-electron chi connectivity index (χ1n) is 4.00. The van der Waals surface area contributed by atoms with Crippen LogP contribution in [0.5, 0.6) is 0 Å². The maximum Gasteiger partial charge on any atom is 0.0340 e. The molecule has 0 unspecified atom stereocenters. The van der Waals surface area contributed by atoms with Gasteiger partial charge >= 0.3 is 0 Å². The minimum absolute atomic E-state index is 1.15. The number of allylic oxidation sites excluding steroid dienone is 1. The van der Waals surface area contributed by atoms with Crippen molar-refractivity contribution < 1.29 is 0 Å². The zero-order valence-corrected chi connectivity index (χ0v) is 6.83. The van der Waals surface area contributed by atoms with Crippen LogP contribution in [0.25, 0.3) is 6.08 Å². The monoisotopic (exact) mass is 147 g/mol. The lowest BCUT2D eigenvalue weighted by molar-refractivity contribution is 0.962. The normalized spacial score (nSPS) is 10.6. The molecule has 0 spiro atoms. The van der Waals surface area contributed by atoms with E-state index in [1.807, 2.05) is 12.3 Å². The highest BCUT2D eigenvalue weighted by Gasteiger charge is 1.81. The van der Waals surface area contributed by atoms with Crippen LogP contribution in [-0.4, -0.2) is 4.98 Å². The molecule has 0 fully saturated rings. The largest absolute Gasteiger partial charge is 0.264 e. The molecule has 0 radical (unpaired) electrons. The van der Waals surface area contributed by atoms with Crippen molar-refractivity contribution in [3.63, 3.8) is 0 Å². The predicted molar refractivity (Wildman–Crippen MR) is 48.2 cm³/mol. The van der Waals surface area contributed by atoms with E-state index in [2.05, 4.69) is 30.1 Å². The molecule has 0 bridgehead atoms. The van der Waals surface area contributed by atoms with Crippen LogP contribution in [0, 0.1) is 0 Å². The zero-order chi connectivity index (χ0) is 7.94. The molecular formula is C10H13N. The molecule has 1 aromatic heterocycles. The number of hydrogen-bond acceptors (Lipinski definition) is 1. The number of hydrogen-bond donors (Lipinski definition) is 0. The lowest BCUT2D eigenvalue weighted by Gasteiger charge is -1.89. The Morgan fingerprint density at radius 3 is 3.09 bits per heavy atom. The van der Waals surface area contributed by atoms with Crippen LogP contribution in [0.15, 0.2) is 30.6 Å². The van der Waals surface area contributed by atoms with Crippen molar-refractivity contribution in [3.05, 3.63) is 36.2 Å². The van der Waals surface area contributed by atoms with Gasteiger partial charge in [-0.25, -0.2) is 0 Å². The van der Waals surface area contributed by atoms with Gasteiger partial charge in [0.2, 0.25) is 0 Å². The summed E-state index contributed by atoms with van der Waals surface area (Å²) in [6.07, 6.45) is 10.3. The third kappa shape index (κ3) is 2.99. The number of aromatic nitrogens is 1. The highest BCUT2D eigenvalue weighted by Crippen LogP contribution is 2.00. The maximum atomic E-state index is 4.01. The lowest BCUT2D eigenvalue weighted by atomic mass is 10.2. The maximum absolute atomic E-state index is 4.01. The first kappa shape index (κ1) is 7.99. The lowest BCUT2D eigenvalue weighted by Crippen LogP contribution is -1.72. The van der Waals surface area contributed by atoms with E-state index >= 15 is 0 Å². The van der Waals surface area contributed by atoms with Crippen LogP contribution in [0.1, 0.15) is 25.3 Å². The second kappa shape index (κ2) is 4.67. The summed E-state index contributed by atoms with van der Waals surface area (Å²) in [5.41, 5.74) is 1.18. The van der Waals surface area contributed by atoms with Gasteiger partial charge in [-0.2, -0.15) is 0 Å². The van der Waals surface area contributed by atoms with E-state index in [0.717, 1.165) is 6.42 Å². The quantitative estimate of drug-likeness (QED) is 0.640. The minimum Gasteiger partial charge on any atom is -0.264 e. The Hall–Kier alpha value is -1.11. The average Bonchev–Trinajstić information content (AvgIpc) is 2.07. The molecule has 1 heterocycles. The summed E-state index contributed by atoms with van der Waals surface area (Å²) in [7, 11) is 0. The molecule has 58 valence electrons. The van der Waals surface area contributed by atoms with Gasteiger partial charge in [0.05, 0.1) is 0 Å². The Bertz CT molecular complexity index is 214. The highest BCUT2D eigenvalue weighted by molar-refractivity contribution is 5.46. The zero-order valence-electron chi connectivity index (χ0n) is 6.83. The fraction of sp³-hybridized carbons (Fsp3) is 0.300. The van der Waals surface area contributed by atoms with E-state index < -0.39 is 0 Å². The Morgan fingerprint density at radius 1 is 1.55 bits per heavy atom. The summed E-state index contributed by atoms with van der Waals surface area (Å²) in [5, 5.41) is 0. The van der Waals surface area contributed by atoms with E-state index in [1.54, 1.807) is 6.20 Å². The molecule has 0 atom stereocenters. The Labute approximate surface area is 67.8 Å². The van der Waals surface area contributed by atoms with Crippen LogP contribution in [-0.2, 0) is 0 Å². The fourth-order valence-electron chi connectivity index (χ4n) is 0.861. The summed E-state index contributed by atoms with van der Waals surface area (Å²) < 4.78 is 0. The Morgan fingerprint density at radius 2 is 2.45 bits per heavy atom. The van der Waals surface area contributed by atoms with Gasteiger partial charge < -0.3 is 0 Å². The van der Waals surface area contributed by atoms with Gasteiger partial charge in [-0.15, -0.1) is 0 Å². The van der Waals surface area contributed by atoms with Gasteiger partial charge in [0.25, 0.3) is 0 Å². The standard InChI is InChI=1S/C10H13N/c1-2-3-4-6-10-7-5-8-11-9-10/h4-9H,2-3H2,1H3/b6-4-. The Kier molecular flexibility index (Phi) is 3.39. The van der Waals surface area contributed by atoms with E-state index in [4.69, 9.17) is 0 Å². The fourth-order valence-corrected chi connectivity index (χ4v) is 0.861. The summed E-state index contributed by atoms with van der Waals surface area (Å²) in [6.45, 7) is 2.17. The van der Waals surface area contributed by atoms with Gasteiger partial charge in [0.15, 0.2) is 0 Å². The second-order valence-electron chi connectivity index (χ2n) is 2.48. The second-order valence-corrected chi connectivity index (χ2v) is 2.48. The molecule has 0 aliphatic heterocycles. The number of nitrogens with zero attached hydrogens (tertiary/aromatic N) is 1. The smallest absolute Gasteiger partial charge is 0.0340 e. The van der Waals surface area contributed by atoms with Crippen molar-refractivity contribution in [1.82, 2.24) is 4.98 Å². The van der Waals surface area contributed by atoms with Crippen molar-refractivity contribution >= 4 is 6.08 Å². The first-order chi connectivity index (χ1) is 5.43. The van der Waals surface area contributed by atoms with E-state index in [0.29, 0.717) is 0 Å². The third-order valence-electron chi connectivity index (χ3n) is 1.45. The molecule has 0 aromatic carbocycles. The van der Waals surface area contributed by atoms with Gasteiger partial charge in [-0.3, -0.25) is 4.98 Å². The SMILES string of the molecule is CCC/C=C\c1cccnc1. The van der Waals surface area contributed by atoms with Crippen molar-refractivity contribution in [3.8, 4) is 0 Å². The highest BCUT2D eigenvalue weighted by atomic mass is 14.6. The minimum atomic E-state index is 1.15. The Balaban J connectivity index is 2.50. The van der Waals surface area contributed by atoms with Crippen LogP contribution in [0.4, 0.5) is 0 Å². The van der Waals surface area contributed by atoms with Gasteiger partial charge in [-0.05, 0) is 18.1 Å². The van der Waals surface area contributed by atoms with E-state index in [9.17, 15) is 0 Å². The van der Waals surface area contributed by atoms with Crippen LogP contribution in [0.3, 0.4) is 0 Å². The molecule has 1 rings (SSSR count). The number of pyridine rings is 1. The van der Waals surface area contributed by atoms with Crippen LogP contribution in [0.2, 0.25) is 0 Å². The molecule has 1 nitrogen and oxygen atoms in total. The molecule has 0 saturated carbocycles. The molecule has 1 aromatic rings. The van der Waals surface area contributed by atoms with Crippen molar-refractivity contribution in [2.45, 2.75) is 19.8 Å². The molecule has 0 aliphatic carbocycles. The van der Waals surface area contributed by atoms with Crippen LogP contribution >= 0.6 is 0 Å². The third-order valence-corrected chi connectivity index (χ3v) is 1.45. The molecule has 0 saturated heterocycles. The summed E-state index contributed by atoms with van der Waals surface area (Å²) >= 11 is 0. The van der Waals surface area contributed by atoms with Gasteiger partial charge in [-0.1, -0.05) is 31.6 Å². The van der Waals surface area contributed by atoms with Crippen LogP contribution < -0.4 is 0 Å². The molecule has 0 amide bonds. The summed E-state index contributed by atoms with van der Waals surface area (Å²) in [4.78, 5) is 4.01. The number of unbranched alkanes of at least 4 members (excludes halogenated alkanes) is 1. The molecular weight excluding hydrogens is 134 g/mol. The molecule has 0 aliphatic rings. The summed E-state index contributed by atoms with van der Waals surface area (Å²) in [6, 6.07) is 4.00. The first-order valence-corrected chi connectivity index (χ1v) is 4.00.